The van der Waals surface area contributed by atoms with Gasteiger partial charge in [0, 0.05) is 11.1 Å². The fraction of sp³-hybridized carbons (Fsp3) is 0.143. The van der Waals surface area contributed by atoms with Crippen molar-refractivity contribution in [3.05, 3.63) is 95.8 Å². The molecule has 126 valence electrons. The third-order valence-electron chi connectivity index (χ3n) is 3.85. The lowest BCUT2D eigenvalue weighted by molar-refractivity contribution is -0.139. The maximum atomic E-state index is 11.8. The smallest absolute Gasteiger partial charge is 0.309 e. The molecule has 0 spiro atoms. The number of hydrogen-bond donors (Lipinski definition) is 0. The fourth-order valence-corrected chi connectivity index (χ4v) is 3.83. The first-order valence-electron chi connectivity index (χ1n) is 8.05. The zero-order chi connectivity index (χ0) is 17.5. The lowest BCUT2D eigenvalue weighted by Gasteiger charge is -2.20. The Morgan fingerprint density at radius 3 is 2.44 bits per heavy atom. The van der Waals surface area contributed by atoms with Crippen LogP contribution in [-0.4, -0.2) is 18.1 Å². The van der Waals surface area contributed by atoms with Crippen LogP contribution in [0.4, 0.5) is 0 Å². The maximum Gasteiger partial charge on any atom is 0.309 e. The van der Waals surface area contributed by atoms with Gasteiger partial charge in [-0.3, -0.25) is 9.78 Å². The molecule has 0 fully saturated rings. The van der Waals surface area contributed by atoms with Crippen LogP contribution in [0.25, 0.3) is 0 Å². The highest BCUT2D eigenvalue weighted by Gasteiger charge is 2.21. The van der Waals surface area contributed by atoms with E-state index in [2.05, 4.69) is 23.2 Å². The van der Waals surface area contributed by atoms with Crippen molar-refractivity contribution in [2.24, 2.45) is 0 Å². The number of thioether (sulfide) groups is 1. The van der Waals surface area contributed by atoms with Crippen molar-refractivity contribution in [2.75, 3.05) is 7.11 Å². The minimum Gasteiger partial charge on any atom is -0.469 e. The highest BCUT2D eigenvalue weighted by atomic mass is 32.2. The Balaban J connectivity index is 2.02. The van der Waals surface area contributed by atoms with Crippen LogP contribution < -0.4 is 0 Å². The van der Waals surface area contributed by atoms with Crippen molar-refractivity contribution in [2.45, 2.75) is 16.6 Å². The first kappa shape index (κ1) is 17.2. The quantitative estimate of drug-likeness (QED) is 0.478. The topological polar surface area (TPSA) is 39.2 Å². The van der Waals surface area contributed by atoms with Crippen LogP contribution in [0.1, 0.15) is 22.1 Å². The van der Waals surface area contributed by atoms with E-state index in [4.69, 9.17) is 4.74 Å². The summed E-state index contributed by atoms with van der Waals surface area (Å²) in [7, 11) is 1.42. The summed E-state index contributed by atoms with van der Waals surface area (Å²) in [5.74, 6) is -0.239. The van der Waals surface area contributed by atoms with Gasteiger partial charge in [-0.05, 0) is 35.4 Å². The van der Waals surface area contributed by atoms with Crippen molar-refractivity contribution in [3.63, 3.8) is 0 Å². The van der Waals surface area contributed by atoms with E-state index in [9.17, 15) is 4.79 Å². The second kappa shape index (κ2) is 8.49. The normalized spacial score (nSPS) is 11.7. The van der Waals surface area contributed by atoms with Gasteiger partial charge >= 0.3 is 5.97 Å². The molecule has 1 unspecified atom stereocenters. The Kier molecular flexibility index (Phi) is 5.86. The predicted molar refractivity (Wildman–Crippen MR) is 101 cm³/mol. The number of ether oxygens (including phenoxy) is 1. The van der Waals surface area contributed by atoms with E-state index >= 15 is 0 Å². The molecule has 0 bridgehead atoms. The molecule has 0 aliphatic heterocycles. The molecule has 4 heteroatoms. The Morgan fingerprint density at radius 1 is 1.00 bits per heavy atom. The zero-order valence-electron chi connectivity index (χ0n) is 14.0. The molecule has 1 heterocycles. The minimum atomic E-state index is -0.239. The second-order valence-corrected chi connectivity index (χ2v) is 6.70. The number of carbonyl (C=O) groups excluding carboxylic acids is 1. The van der Waals surface area contributed by atoms with E-state index in [1.165, 1.54) is 7.11 Å². The number of carbonyl (C=O) groups is 1. The van der Waals surface area contributed by atoms with Crippen LogP contribution in [0.3, 0.4) is 0 Å². The Labute approximate surface area is 152 Å². The average molecular weight is 349 g/mol. The number of aromatic nitrogens is 1. The van der Waals surface area contributed by atoms with E-state index in [0.717, 1.165) is 21.7 Å². The standard InChI is InChI=1S/C21H19NO2S/c1-24-20(23)15-16-9-5-6-12-18(16)21(19-13-7-8-14-22-19)25-17-10-3-2-4-11-17/h2-14,21H,15H2,1H3. The van der Waals surface area contributed by atoms with Crippen LogP contribution in [0, 0.1) is 0 Å². The first-order chi connectivity index (χ1) is 12.3. The lowest BCUT2D eigenvalue weighted by atomic mass is 9.99. The molecule has 1 atom stereocenters. The summed E-state index contributed by atoms with van der Waals surface area (Å²) in [6.45, 7) is 0. The van der Waals surface area contributed by atoms with Crippen LogP contribution in [0.15, 0.2) is 83.9 Å². The first-order valence-corrected chi connectivity index (χ1v) is 8.93. The molecule has 0 radical (unpaired) electrons. The van der Waals surface area contributed by atoms with Crippen molar-refractivity contribution in [3.8, 4) is 0 Å². The Bertz CT molecular complexity index is 822. The number of rotatable bonds is 6. The second-order valence-electron chi connectivity index (χ2n) is 5.52. The maximum absolute atomic E-state index is 11.8. The summed E-state index contributed by atoms with van der Waals surface area (Å²) >= 11 is 1.73. The zero-order valence-corrected chi connectivity index (χ0v) is 14.8. The molecule has 0 aliphatic rings. The van der Waals surface area contributed by atoms with Gasteiger partial charge in [0.1, 0.15) is 0 Å². The molecule has 3 aromatic rings. The highest BCUT2D eigenvalue weighted by Crippen LogP contribution is 2.40. The lowest BCUT2D eigenvalue weighted by Crippen LogP contribution is -2.09. The van der Waals surface area contributed by atoms with Crippen LogP contribution >= 0.6 is 11.8 Å². The largest absolute Gasteiger partial charge is 0.469 e. The molecule has 0 N–H and O–H groups in total. The van der Waals surface area contributed by atoms with Crippen LogP contribution in [0.2, 0.25) is 0 Å². The van der Waals surface area contributed by atoms with Gasteiger partial charge in [0.2, 0.25) is 0 Å². The number of nitrogens with zero attached hydrogens (tertiary/aromatic N) is 1. The molecular formula is C21H19NO2S. The molecule has 3 rings (SSSR count). The molecule has 2 aromatic carbocycles. The van der Waals surface area contributed by atoms with Gasteiger partial charge in [-0.2, -0.15) is 0 Å². The van der Waals surface area contributed by atoms with E-state index in [1.54, 1.807) is 18.0 Å². The molecule has 0 saturated heterocycles. The molecule has 3 nitrogen and oxygen atoms in total. The highest BCUT2D eigenvalue weighted by molar-refractivity contribution is 7.99. The fourth-order valence-electron chi connectivity index (χ4n) is 2.63. The molecular weight excluding hydrogens is 330 g/mol. The van der Waals surface area contributed by atoms with E-state index in [0.29, 0.717) is 0 Å². The van der Waals surface area contributed by atoms with Crippen LogP contribution in [-0.2, 0) is 16.0 Å². The Morgan fingerprint density at radius 2 is 1.72 bits per heavy atom. The number of methoxy groups -OCH3 is 1. The van der Waals surface area contributed by atoms with E-state index in [-0.39, 0.29) is 17.6 Å². The summed E-state index contributed by atoms with van der Waals surface area (Å²) in [5, 5.41) is 0.00413. The van der Waals surface area contributed by atoms with E-state index in [1.807, 2.05) is 54.6 Å². The Hall–Kier alpha value is -2.59. The van der Waals surface area contributed by atoms with Gasteiger partial charge in [0.05, 0.1) is 24.5 Å². The third-order valence-corrected chi connectivity index (χ3v) is 5.13. The molecule has 0 aliphatic carbocycles. The van der Waals surface area contributed by atoms with Gasteiger partial charge < -0.3 is 4.74 Å². The van der Waals surface area contributed by atoms with Gasteiger partial charge in [-0.1, -0.05) is 48.5 Å². The van der Waals surface area contributed by atoms with Gasteiger partial charge in [-0.25, -0.2) is 0 Å². The summed E-state index contributed by atoms with van der Waals surface area (Å²) < 4.78 is 4.85. The monoisotopic (exact) mass is 349 g/mol. The minimum absolute atomic E-state index is 0.00413. The molecule has 0 saturated carbocycles. The number of hydrogen-bond acceptors (Lipinski definition) is 4. The summed E-state index contributed by atoms with van der Waals surface area (Å²) in [5.41, 5.74) is 3.02. The third kappa shape index (κ3) is 4.48. The van der Waals surface area contributed by atoms with Crippen molar-refractivity contribution in [1.82, 2.24) is 4.98 Å². The van der Waals surface area contributed by atoms with Gasteiger partial charge in [-0.15, -0.1) is 11.8 Å². The average Bonchev–Trinajstić information content (AvgIpc) is 2.68. The molecule has 1 aromatic heterocycles. The van der Waals surface area contributed by atoms with Crippen molar-refractivity contribution in [1.29, 1.82) is 0 Å². The van der Waals surface area contributed by atoms with Crippen molar-refractivity contribution < 1.29 is 9.53 Å². The molecule has 0 amide bonds. The van der Waals surface area contributed by atoms with Gasteiger partial charge in [0.25, 0.3) is 0 Å². The number of esters is 1. The van der Waals surface area contributed by atoms with Crippen molar-refractivity contribution >= 4 is 17.7 Å². The van der Waals surface area contributed by atoms with E-state index < -0.39 is 0 Å². The predicted octanol–water partition coefficient (Wildman–Crippen LogP) is 4.68. The number of pyridine rings is 1. The summed E-state index contributed by atoms with van der Waals surface area (Å²) in [6.07, 6.45) is 2.06. The van der Waals surface area contributed by atoms with Crippen LogP contribution in [0.5, 0.6) is 0 Å². The van der Waals surface area contributed by atoms with Gasteiger partial charge in [0.15, 0.2) is 0 Å². The number of benzene rings is 2. The molecule has 25 heavy (non-hydrogen) atoms. The SMILES string of the molecule is COC(=O)Cc1ccccc1C(Sc1ccccc1)c1ccccn1. The summed E-state index contributed by atoms with van der Waals surface area (Å²) in [4.78, 5) is 17.5. The summed E-state index contributed by atoms with van der Waals surface area (Å²) in [6, 6.07) is 24.1.